The molecule has 1 N–H and O–H groups in total. The summed E-state index contributed by atoms with van der Waals surface area (Å²) in [5.74, 6) is 0.0190. The smallest absolute Gasteiger partial charge is 0.253 e. The number of carbonyl (C=O) groups excluding carboxylic acids is 1. The lowest BCUT2D eigenvalue weighted by molar-refractivity contribution is 0.0779. The first-order valence-corrected chi connectivity index (χ1v) is 12.9. The number of piperazine rings is 1. The lowest BCUT2D eigenvalue weighted by Gasteiger charge is -2.34. The number of amides is 1. The number of hydrogen-bond donors (Lipinski definition) is 1. The lowest BCUT2D eigenvalue weighted by Crippen LogP contribution is -2.44. The Morgan fingerprint density at radius 2 is 1.70 bits per heavy atom. The van der Waals surface area contributed by atoms with Crippen LogP contribution in [-0.2, 0) is 4.74 Å². The third-order valence-electron chi connectivity index (χ3n) is 7.23. The van der Waals surface area contributed by atoms with Crippen molar-refractivity contribution >= 4 is 22.6 Å². The monoisotopic (exact) mass is 497 g/mol. The van der Waals surface area contributed by atoms with Gasteiger partial charge in [-0.3, -0.25) is 4.79 Å². The number of likely N-dealkylation sites (N-methyl/N-ethyl adjacent to an activating group) is 1. The molecule has 1 aliphatic rings. The number of benzene rings is 2. The Morgan fingerprint density at radius 1 is 1.00 bits per heavy atom. The highest BCUT2D eigenvalue weighted by atomic mass is 16.5. The highest BCUT2D eigenvalue weighted by Gasteiger charge is 2.15. The molecule has 1 amide bonds. The number of nitrogens with one attached hydrogen (secondary N) is 1. The first kappa shape index (κ1) is 25.0. The van der Waals surface area contributed by atoms with E-state index in [9.17, 15) is 4.79 Å². The molecule has 4 aromatic rings. The number of H-pyrrole nitrogens is 1. The molecule has 0 radical (unpaired) electrons. The van der Waals surface area contributed by atoms with E-state index in [1.54, 1.807) is 12.0 Å². The topological polar surface area (TPSA) is 64.7 Å². The van der Waals surface area contributed by atoms with E-state index in [0.717, 1.165) is 65.9 Å². The predicted molar refractivity (Wildman–Crippen MR) is 150 cm³/mol. The maximum atomic E-state index is 12.8. The van der Waals surface area contributed by atoms with Gasteiger partial charge in [-0.2, -0.15) is 0 Å². The van der Waals surface area contributed by atoms with E-state index in [-0.39, 0.29) is 5.91 Å². The largest absolute Gasteiger partial charge is 0.385 e. The Kier molecular flexibility index (Phi) is 7.53. The molecule has 1 saturated heterocycles. The summed E-state index contributed by atoms with van der Waals surface area (Å²) in [5, 5.41) is 1.07. The van der Waals surface area contributed by atoms with Crippen LogP contribution in [-0.4, -0.2) is 86.2 Å². The van der Waals surface area contributed by atoms with Crippen molar-refractivity contribution in [1.82, 2.24) is 19.8 Å². The van der Waals surface area contributed by atoms with Gasteiger partial charge in [0.25, 0.3) is 5.91 Å². The Labute approximate surface area is 218 Å². The third kappa shape index (κ3) is 5.53. The van der Waals surface area contributed by atoms with Gasteiger partial charge < -0.3 is 24.4 Å². The molecule has 0 atom stereocenters. The van der Waals surface area contributed by atoms with Crippen molar-refractivity contribution in [2.45, 2.75) is 6.42 Å². The second kappa shape index (κ2) is 11.2. The van der Waals surface area contributed by atoms with Gasteiger partial charge in [0.2, 0.25) is 0 Å². The number of rotatable bonds is 8. The van der Waals surface area contributed by atoms with Gasteiger partial charge >= 0.3 is 0 Å². The predicted octanol–water partition coefficient (Wildman–Crippen LogP) is 4.76. The molecular weight excluding hydrogens is 462 g/mol. The molecule has 7 nitrogen and oxygen atoms in total. The fourth-order valence-corrected chi connectivity index (χ4v) is 4.89. The van der Waals surface area contributed by atoms with E-state index in [1.165, 1.54) is 5.69 Å². The van der Waals surface area contributed by atoms with Crippen LogP contribution in [0.1, 0.15) is 16.8 Å². The van der Waals surface area contributed by atoms with E-state index < -0.39 is 0 Å². The van der Waals surface area contributed by atoms with Crippen LogP contribution < -0.4 is 4.90 Å². The average molecular weight is 498 g/mol. The number of carbonyl (C=O) groups is 1. The van der Waals surface area contributed by atoms with Crippen molar-refractivity contribution in [2.24, 2.45) is 0 Å². The second-order valence-corrected chi connectivity index (χ2v) is 9.81. The van der Waals surface area contributed by atoms with Crippen LogP contribution >= 0.6 is 0 Å². The van der Waals surface area contributed by atoms with E-state index >= 15 is 0 Å². The maximum absolute atomic E-state index is 12.8. The molecule has 1 aliphatic heterocycles. The van der Waals surface area contributed by atoms with Gasteiger partial charge in [-0.1, -0.05) is 24.3 Å². The highest BCUT2D eigenvalue weighted by molar-refractivity contribution is 5.98. The van der Waals surface area contributed by atoms with Gasteiger partial charge in [0, 0.05) is 93.6 Å². The molecule has 192 valence electrons. The summed E-state index contributed by atoms with van der Waals surface area (Å²) >= 11 is 0. The average Bonchev–Trinajstić information content (AvgIpc) is 3.37. The summed E-state index contributed by atoms with van der Waals surface area (Å²) in [6, 6.07) is 18.8. The minimum atomic E-state index is 0.0190. The van der Waals surface area contributed by atoms with Gasteiger partial charge in [-0.05, 0) is 54.9 Å². The van der Waals surface area contributed by atoms with E-state index in [0.29, 0.717) is 18.7 Å². The number of fused-ring (bicyclic) bond motifs is 1. The van der Waals surface area contributed by atoms with Crippen molar-refractivity contribution in [2.75, 3.05) is 65.4 Å². The summed E-state index contributed by atoms with van der Waals surface area (Å²) in [6.07, 6.45) is 4.74. The minimum Gasteiger partial charge on any atom is -0.385 e. The summed E-state index contributed by atoms with van der Waals surface area (Å²) in [5.41, 5.74) is 7.17. The molecule has 7 heteroatoms. The van der Waals surface area contributed by atoms with Gasteiger partial charge in [0.05, 0.1) is 0 Å². The maximum Gasteiger partial charge on any atom is 0.253 e. The Morgan fingerprint density at radius 3 is 2.41 bits per heavy atom. The molecule has 0 bridgehead atoms. The van der Waals surface area contributed by atoms with Crippen LogP contribution in [0, 0.1) is 0 Å². The number of nitrogens with zero attached hydrogens (tertiary/aromatic N) is 4. The molecule has 37 heavy (non-hydrogen) atoms. The fourth-order valence-electron chi connectivity index (χ4n) is 4.89. The van der Waals surface area contributed by atoms with Gasteiger partial charge in [0.15, 0.2) is 0 Å². The van der Waals surface area contributed by atoms with E-state index in [4.69, 9.17) is 4.74 Å². The normalized spacial score (nSPS) is 14.3. The molecular formula is C30H35N5O2. The number of methoxy groups -OCH3 is 1. The number of hydrogen-bond acceptors (Lipinski definition) is 5. The quantitative estimate of drug-likeness (QED) is 0.356. The zero-order valence-corrected chi connectivity index (χ0v) is 21.9. The molecule has 0 saturated carbocycles. The first-order valence-electron chi connectivity index (χ1n) is 12.9. The van der Waals surface area contributed by atoms with Crippen LogP contribution in [0.2, 0.25) is 0 Å². The van der Waals surface area contributed by atoms with Crippen molar-refractivity contribution < 1.29 is 9.53 Å². The van der Waals surface area contributed by atoms with E-state index in [2.05, 4.69) is 57.1 Å². The zero-order chi connectivity index (χ0) is 25.8. The Balaban J connectivity index is 1.34. The summed E-state index contributed by atoms with van der Waals surface area (Å²) in [7, 11) is 5.68. The molecule has 0 aliphatic carbocycles. The Hall–Kier alpha value is -3.68. The summed E-state index contributed by atoms with van der Waals surface area (Å²) in [6.45, 7) is 5.63. The van der Waals surface area contributed by atoms with Crippen molar-refractivity contribution in [3.05, 3.63) is 72.6 Å². The van der Waals surface area contributed by atoms with Crippen LogP contribution in [0.15, 0.2) is 67.0 Å². The molecule has 3 heterocycles. The molecule has 2 aromatic carbocycles. The first-order chi connectivity index (χ1) is 18.0. The second-order valence-electron chi connectivity index (χ2n) is 9.81. The number of aromatic amines is 1. The van der Waals surface area contributed by atoms with Crippen LogP contribution in [0.4, 0.5) is 5.69 Å². The summed E-state index contributed by atoms with van der Waals surface area (Å²) < 4.78 is 5.09. The van der Waals surface area contributed by atoms with Crippen LogP contribution in [0.5, 0.6) is 0 Å². The highest BCUT2D eigenvalue weighted by Crippen LogP contribution is 2.32. The SMILES string of the molecule is COCCCN(C)C(=O)c1ccc(-c2c[nH]c3ncc(-c4ccc(N5CCN(C)CC5)cc4)cc23)cc1. The number of anilines is 1. The van der Waals surface area contributed by atoms with Crippen LogP contribution in [0.3, 0.4) is 0 Å². The standard InChI is InChI=1S/C30H35N5O2/c1-33-14-16-35(17-15-33)26-11-9-22(10-12-26)25-19-27-28(21-32-29(27)31-20-25)23-5-7-24(8-6-23)30(36)34(2)13-4-18-37-3/h5-12,19-21H,4,13-18H2,1-3H3,(H,31,32). The molecule has 5 rings (SSSR count). The third-order valence-corrected chi connectivity index (χ3v) is 7.23. The number of aromatic nitrogens is 2. The lowest BCUT2D eigenvalue weighted by atomic mass is 10.0. The van der Waals surface area contributed by atoms with Crippen molar-refractivity contribution in [3.63, 3.8) is 0 Å². The van der Waals surface area contributed by atoms with Crippen molar-refractivity contribution in [3.8, 4) is 22.3 Å². The van der Waals surface area contributed by atoms with Crippen LogP contribution in [0.25, 0.3) is 33.3 Å². The van der Waals surface area contributed by atoms with E-state index in [1.807, 2.05) is 43.7 Å². The van der Waals surface area contributed by atoms with Crippen molar-refractivity contribution in [1.29, 1.82) is 0 Å². The molecule has 2 aromatic heterocycles. The zero-order valence-electron chi connectivity index (χ0n) is 21.9. The molecule has 1 fully saturated rings. The number of ether oxygens (including phenoxy) is 1. The minimum absolute atomic E-state index is 0.0190. The fraction of sp³-hybridized carbons (Fsp3) is 0.333. The molecule has 0 unspecified atom stereocenters. The summed E-state index contributed by atoms with van der Waals surface area (Å²) in [4.78, 5) is 27.3. The Bertz CT molecular complexity index is 1340. The van der Waals surface area contributed by atoms with Gasteiger partial charge in [-0.15, -0.1) is 0 Å². The number of pyridine rings is 1. The van der Waals surface area contributed by atoms with Gasteiger partial charge in [0.1, 0.15) is 5.65 Å². The molecule has 0 spiro atoms. The van der Waals surface area contributed by atoms with Gasteiger partial charge in [-0.25, -0.2) is 4.98 Å².